The minimum Gasteiger partial charge on any atom is -0.469 e. The zero-order valence-electron chi connectivity index (χ0n) is 10.1. The lowest BCUT2D eigenvalue weighted by Crippen LogP contribution is -2.45. The molecule has 0 spiro atoms. The van der Waals surface area contributed by atoms with E-state index in [1.165, 1.54) is 7.11 Å². The summed E-state index contributed by atoms with van der Waals surface area (Å²) in [7, 11) is 1.43. The molecule has 2 aliphatic carbocycles. The molecular weight excluding hydrogens is 204 g/mol. The second-order valence-electron chi connectivity index (χ2n) is 5.43. The number of carbonyl (C=O) groups excluding carboxylic acids is 2. The van der Waals surface area contributed by atoms with Crippen LogP contribution in [0.3, 0.4) is 0 Å². The van der Waals surface area contributed by atoms with Crippen molar-refractivity contribution < 1.29 is 14.3 Å². The molecule has 3 nitrogen and oxygen atoms in total. The standard InChI is InChI=1S/C13H20O3/c1-13-8-9(12(15)16-2)6-7-10(13)4-3-5-11(13)14/h9-10H,3-8H2,1-2H3/t9-,10-,13+/m1/s1. The Morgan fingerprint density at radius 1 is 1.38 bits per heavy atom. The summed E-state index contributed by atoms with van der Waals surface area (Å²) in [6.07, 6.45) is 5.46. The van der Waals surface area contributed by atoms with Gasteiger partial charge in [0.1, 0.15) is 5.78 Å². The number of ether oxygens (including phenoxy) is 1. The number of carbonyl (C=O) groups is 2. The van der Waals surface area contributed by atoms with Crippen LogP contribution in [-0.2, 0) is 14.3 Å². The van der Waals surface area contributed by atoms with E-state index in [-0.39, 0.29) is 17.3 Å². The zero-order chi connectivity index (χ0) is 11.8. The van der Waals surface area contributed by atoms with Gasteiger partial charge in [0.2, 0.25) is 0 Å². The molecule has 0 aromatic rings. The predicted octanol–water partition coefficient (Wildman–Crippen LogP) is 2.33. The fourth-order valence-electron chi connectivity index (χ4n) is 3.47. The van der Waals surface area contributed by atoms with E-state index < -0.39 is 0 Å². The predicted molar refractivity (Wildman–Crippen MR) is 59.8 cm³/mol. The Kier molecular flexibility index (Phi) is 3.04. The van der Waals surface area contributed by atoms with E-state index in [1.807, 2.05) is 6.92 Å². The molecule has 0 heterocycles. The van der Waals surface area contributed by atoms with Gasteiger partial charge in [-0.2, -0.15) is 0 Å². The normalized spacial score (nSPS) is 39.0. The summed E-state index contributed by atoms with van der Waals surface area (Å²) in [5, 5.41) is 0. The summed E-state index contributed by atoms with van der Waals surface area (Å²) in [5.41, 5.74) is -0.255. The highest BCUT2D eigenvalue weighted by atomic mass is 16.5. The van der Waals surface area contributed by atoms with Crippen molar-refractivity contribution in [2.45, 2.75) is 45.4 Å². The molecule has 16 heavy (non-hydrogen) atoms. The molecule has 2 fully saturated rings. The summed E-state index contributed by atoms with van der Waals surface area (Å²) in [6, 6.07) is 0. The number of ketones is 1. The number of esters is 1. The number of Topliss-reactive ketones (excluding diaryl/α,β-unsaturated/α-hetero) is 1. The second-order valence-corrected chi connectivity index (χ2v) is 5.43. The van der Waals surface area contributed by atoms with Crippen molar-refractivity contribution in [3.8, 4) is 0 Å². The number of methoxy groups -OCH3 is 1. The molecule has 0 bridgehead atoms. The Morgan fingerprint density at radius 3 is 2.81 bits per heavy atom. The van der Waals surface area contributed by atoms with E-state index >= 15 is 0 Å². The molecule has 0 aromatic carbocycles. The van der Waals surface area contributed by atoms with E-state index in [2.05, 4.69) is 0 Å². The molecule has 2 aliphatic rings. The van der Waals surface area contributed by atoms with E-state index in [0.29, 0.717) is 24.5 Å². The quantitative estimate of drug-likeness (QED) is 0.642. The lowest BCUT2D eigenvalue weighted by atomic mass is 9.57. The van der Waals surface area contributed by atoms with E-state index in [9.17, 15) is 9.59 Å². The van der Waals surface area contributed by atoms with Crippen LogP contribution in [0.5, 0.6) is 0 Å². The van der Waals surface area contributed by atoms with Gasteiger partial charge in [-0.25, -0.2) is 0 Å². The first-order chi connectivity index (χ1) is 7.58. The van der Waals surface area contributed by atoms with E-state index in [4.69, 9.17) is 4.74 Å². The summed E-state index contributed by atoms with van der Waals surface area (Å²) in [5.74, 6) is 0.651. The third kappa shape index (κ3) is 1.76. The molecule has 2 saturated carbocycles. The third-order valence-corrected chi connectivity index (χ3v) is 4.56. The maximum Gasteiger partial charge on any atom is 0.308 e. The first-order valence-corrected chi connectivity index (χ1v) is 6.19. The largest absolute Gasteiger partial charge is 0.469 e. The van der Waals surface area contributed by atoms with Gasteiger partial charge in [0.15, 0.2) is 0 Å². The van der Waals surface area contributed by atoms with Gasteiger partial charge >= 0.3 is 5.97 Å². The Labute approximate surface area is 96.5 Å². The molecule has 2 rings (SSSR count). The number of hydrogen-bond acceptors (Lipinski definition) is 3. The maximum absolute atomic E-state index is 12.1. The summed E-state index contributed by atoms with van der Waals surface area (Å²) in [4.78, 5) is 23.6. The van der Waals surface area contributed by atoms with Crippen molar-refractivity contribution in [3.05, 3.63) is 0 Å². The van der Waals surface area contributed by atoms with Crippen LogP contribution in [0.2, 0.25) is 0 Å². The molecule has 0 aliphatic heterocycles. The van der Waals surface area contributed by atoms with Crippen molar-refractivity contribution in [1.82, 2.24) is 0 Å². The highest BCUT2D eigenvalue weighted by Gasteiger charge is 2.48. The monoisotopic (exact) mass is 224 g/mol. The van der Waals surface area contributed by atoms with Gasteiger partial charge in [0.25, 0.3) is 0 Å². The average Bonchev–Trinajstić information content (AvgIpc) is 2.29. The first kappa shape index (κ1) is 11.6. The van der Waals surface area contributed by atoms with Gasteiger partial charge in [0.05, 0.1) is 13.0 Å². The SMILES string of the molecule is COC(=O)[C@@H]1CC[C@H]2CCCC(=O)[C@@]2(C)C1. The molecule has 0 unspecified atom stereocenters. The van der Waals surface area contributed by atoms with Gasteiger partial charge in [-0.1, -0.05) is 6.92 Å². The lowest BCUT2D eigenvalue weighted by Gasteiger charge is -2.45. The lowest BCUT2D eigenvalue weighted by molar-refractivity contribution is -0.152. The van der Waals surface area contributed by atoms with E-state index in [0.717, 1.165) is 25.7 Å². The van der Waals surface area contributed by atoms with Crippen LogP contribution in [0.4, 0.5) is 0 Å². The van der Waals surface area contributed by atoms with Gasteiger partial charge in [0, 0.05) is 11.8 Å². The van der Waals surface area contributed by atoms with Crippen LogP contribution in [-0.4, -0.2) is 18.9 Å². The zero-order valence-corrected chi connectivity index (χ0v) is 10.1. The van der Waals surface area contributed by atoms with Crippen molar-refractivity contribution in [3.63, 3.8) is 0 Å². The van der Waals surface area contributed by atoms with Crippen LogP contribution < -0.4 is 0 Å². The second kappa shape index (κ2) is 4.19. The van der Waals surface area contributed by atoms with Gasteiger partial charge < -0.3 is 4.74 Å². The minimum atomic E-state index is -0.255. The molecule has 3 heteroatoms. The Morgan fingerprint density at radius 2 is 2.12 bits per heavy atom. The van der Waals surface area contributed by atoms with Gasteiger partial charge in [-0.05, 0) is 38.0 Å². The summed E-state index contributed by atoms with van der Waals surface area (Å²) < 4.78 is 4.80. The first-order valence-electron chi connectivity index (χ1n) is 6.19. The molecule has 0 radical (unpaired) electrons. The van der Waals surface area contributed by atoms with Gasteiger partial charge in [-0.15, -0.1) is 0 Å². The Bertz CT molecular complexity index is 310. The van der Waals surface area contributed by atoms with Crippen LogP contribution in [0.25, 0.3) is 0 Å². The fourth-order valence-corrected chi connectivity index (χ4v) is 3.47. The van der Waals surface area contributed by atoms with Crippen molar-refractivity contribution in [2.75, 3.05) is 7.11 Å². The highest BCUT2D eigenvalue weighted by Crippen LogP contribution is 2.50. The van der Waals surface area contributed by atoms with Crippen molar-refractivity contribution in [1.29, 1.82) is 0 Å². The van der Waals surface area contributed by atoms with Crippen LogP contribution >= 0.6 is 0 Å². The minimum absolute atomic E-state index is 0.0618. The molecule has 0 N–H and O–H groups in total. The Balaban J connectivity index is 2.15. The van der Waals surface area contributed by atoms with Crippen molar-refractivity contribution in [2.24, 2.45) is 17.3 Å². The highest BCUT2D eigenvalue weighted by molar-refractivity contribution is 5.86. The third-order valence-electron chi connectivity index (χ3n) is 4.56. The molecule has 3 atom stereocenters. The van der Waals surface area contributed by atoms with Crippen LogP contribution in [0, 0.1) is 17.3 Å². The molecule has 0 amide bonds. The average molecular weight is 224 g/mol. The van der Waals surface area contributed by atoms with Crippen LogP contribution in [0.1, 0.15) is 45.4 Å². The Hall–Kier alpha value is -0.860. The molecule has 0 aromatic heterocycles. The summed E-state index contributed by atoms with van der Waals surface area (Å²) >= 11 is 0. The van der Waals surface area contributed by atoms with E-state index in [1.54, 1.807) is 0 Å². The number of hydrogen-bond donors (Lipinski definition) is 0. The smallest absolute Gasteiger partial charge is 0.308 e. The van der Waals surface area contributed by atoms with Gasteiger partial charge in [-0.3, -0.25) is 9.59 Å². The van der Waals surface area contributed by atoms with Crippen molar-refractivity contribution >= 4 is 11.8 Å². The maximum atomic E-state index is 12.1. The molecule has 90 valence electrons. The number of rotatable bonds is 1. The molecule has 0 saturated heterocycles. The van der Waals surface area contributed by atoms with Crippen LogP contribution in [0.15, 0.2) is 0 Å². The fraction of sp³-hybridized carbons (Fsp3) is 0.846. The molecular formula is C13H20O3. The summed E-state index contributed by atoms with van der Waals surface area (Å²) in [6.45, 7) is 2.05. The topological polar surface area (TPSA) is 43.4 Å². The number of fused-ring (bicyclic) bond motifs is 1.